The molecule has 2 fully saturated rings. The molecule has 2 N–H and O–H groups in total. The van der Waals surface area contributed by atoms with Crippen molar-refractivity contribution in [3.8, 4) is 0 Å². The van der Waals surface area contributed by atoms with Crippen molar-refractivity contribution in [3.63, 3.8) is 0 Å². The van der Waals surface area contributed by atoms with Crippen molar-refractivity contribution in [1.82, 2.24) is 20.1 Å². The Morgan fingerprint density at radius 3 is 2.70 bits per heavy atom. The Hall–Kier alpha value is -2.24. The fourth-order valence-corrected chi connectivity index (χ4v) is 6.61. The number of aromatic nitrogens is 1. The van der Waals surface area contributed by atoms with E-state index in [2.05, 4.69) is 40.9 Å². The molecule has 40 heavy (non-hydrogen) atoms. The van der Waals surface area contributed by atoms with Gasteiger partial charge < -0.3 is 20.1 Å². The molecule has 7 atom stereocenters. The molecule has 4 heterocycles. The van der Waals surface area contributed by atoms with Gasteiger partial charge in [-0.2, -0.15) is 0 Å². The van der Waals surface area contributed by atoms with Gasteiger partial charge in [0.1, 0.15) is 12.0 Å². The van der Waals surface area contributed by atoms with Gasteiger partial charge in [-0.05, 0) is 39.0 Å². The Bertz CT molecular complexity index is 1150. The molecule has 220 valence electrons. The van der Waals surface area contributed by atoms with E-state index in [9.17, 15) is 18.7 Å². The topological polar surface area (TPSA) is 81.2 Å². The number of allylic oxidation sites excluding steroid dienone is 3. The normalized spacial score (nSPS) is 33.5. The summed E-state index contributed by atoms with van der Waals surface area (Å²) in [5.41, 5.74) is 1.25. The number of amides is 1. The highest BCUT2D eigenvalue weighted by molar-refractivity contribution is 5.97. The number of fused-ring (bicyclic) bond motifs is 1. The van der Waals surface area contributed by atoms with Crippen LogP contribution in [0.3, 0.4) is 0 Å². The number of carbonyl (C=O) groups is 1. The number of nitrogens with zero attached hydrogens (tertiary/aromatic N) is 4. The van der Waals surface area contributed by atoms with Crippen molar-refractivity contribution in [2.24, 2.45) is 5.92 Å². The molecule has 5 rings (SSSR count). The molecule has 8 nitrogen and oxygen atoms in total. The standard InChI is InChI=1S/C30H43F2N5O3/c1-18-12-35(22(11-33-18)13-36-19(2)15-40-16-20(36)3)14-26(38)37-17-30(4,5)29-25(37)9-21(10-34-29)28(39)27-23(31)7-6-8-24(27)32/h6-10,18-20,22-23,27-28,33,39H,11-17H2,1-5H3/t18-,19-,20-,22-,23?,27?,28?/m1/s1. The van der Waals surface area contributed by atoms with E-state index in [4.69, 9.17) is 4.74 Å². The highest BCUT2D eigenvalue weighted by Gasteiger charge is 2.42. The van der Waals surface area contributed by atoms with Crippen LogP contribution in [0.15, 0.2) is 36.3 Å². The minimum atomic E-state index is -1.65. The molecule has 0 aromatic carbocycles. The fourth-order valence-electron chi connectivity index (χ4n) is 6.61. The lowest BCUT2D eigenvalue weighted by Gasteiger charge is -2.46. The summed E-state index contributed by atoms with van der Waals surface area (Å²) in [6.07, 6.45) is 2.14. The van der Waals surface area contributed by atoms with Crippen LogP contribution >= 0.6 is 0 Å². The second-order valence-corrected chi connectivity index (χ2v) is 12.7. The number of ether oxygens (including phenoxy) is 1. The van der Waals surface area contributed by atoms with E-state index in [0.717, 1.165) is 25.3 Å². The van der Waals surface area contributed by atoms with E-state index in [-0.39, 0.29) is 24.5 Å². The summed E-state index contributed by atoms with van der Waals surface area (Å²) < 4.78 is 34.7. The van der Waals surface area contributed by atoms with Crippen molar-refractivity contribution >= 4 is 11.6 Å². The summed E-state index contributed by atoms with van der Waals surface area (Å²) in [5.74, 6) is -2.09. The number of aliphatic hydroxyl groups is 1. The Morgan fingerprint density at radius 2 is 2.00 bits per heavy atom. The highest BCUT2D eigenvalue weighted by atomic mass is 19.1. The monoisotopic (exact) mass is 559 g/mol. The van der Waals surface area contributed by atoms with Crippen molar-refractivity contribution in [1.29, 1.82) is 0 Å². The first-order valence-corrected chi connectivity index (χ1v) is 14.4. The van der Waals surface area contributed by atoms with Gasteiger partial charge in [-0.25, -0.2) is 8.78 Å². The molecule has 4 aliphatic rings. The van der Waals surface area contributed by atoms with E-state index in [0.29, 0.717) is 43.1 Å². The SMILES string of the molecule is C[C@@H]1CN(CC(=O)N2CC(C)(C)c3ncc(C(O)C4C(F)=CC=CC4F)cc32)[C@@H](CN2[C@H](C)COC[C@H]2C)CN1. The van der Waals surface area contributed by atoms with E-state index in [1.54, 1.807) is 11.0 Å². The summed E-state index contributed by atoms with van der Waals surface area (Å²) in [5, 5.41) is 14.5. The molecule has 1 aromatic heterocycles. The third kappa shape index (κ3) is 5.74. The quantitative estimate of drug-likeness (QED) is 0.555. The molecule has 2 saturated heterocycles. The molecular formula is C30H43F2N5O3. The highest BCUT2D eigenvalue weighted by Crippen LogP contribution is 2.42. The number of alkyl halides is 1. The third-order valence-corrected chi connectivity index (χ3v) is 8.91. The molecule has 0 bridgehead atoms. The second kappa shape index (κ2) is 11.6. The minimum absolute atomic E-state index is 0.0440. The number of aliphatic hydroxyl groups excluding tert-OH is 1. The number of morpholine rings is 1. The number of hydrogen-bond acceptors (Lipinski definition) is 7. The van der Waals surface area contributed by atoms with Crippen molar-refractivity contribution in [2.75, 3.05) is 50.8 Å². The Kier molecular flexibility index (Phi) is 8.46. The predicted molar refractivity (Wildman–Crippen MR) is 151 cm³/mol. The lowest BCUT2D eigenvalue weighted by atomic mass is 9.87. The van der Waals surface area contributed by atoms with Crippen LogP contribution in [0.4, 0.5) is 14.5 Å². The Morgan fingerprint density at radius 1 is 1.27 bits per heavy atom. The second-order valence-electron chi connectivity index (χ2n) is 12.7. The van der Waals surface area contributed by atoms with Gasteiger partial charge in [-0.3, -0.25) is 19.6 Å². The number of rotatable bonds is 6. The summed E-state index contributed by atoms with van der Waals surface area (Å²) in [7, 11) is 0. The zero-order chi connectivity index (χ0) is 28.8. The average molecular weight is 560 g/mol. The van der Waals surface area contributed by atoms with Crippen LogP contribution < -0.4 is 10.2 Å². The van der Waals surface area contributed by atoms with Crippen molar-refractivity contribution < 1.29 is 23.4 Å². The number of carbonyl (C=O) groups excluding carboxylic acids is 1. The van der Waals surface area contributed by atoms with Gasteiger partial charge in [0.05, 0.1) is 43.2 Å². The molecule has 0 spiro atoms. The lowest BCUT2D eigenvalue weighted by molar-refractivity contribution is -0.121. The largest absolute Gasteiger partial charge is 0.387 e. The average Bonchev–Trinajstić information content (AvgIpc) is 3.17. The minimum Gasteiger partial charge on any atom is -0.387 e. The van der Waals surface area contributed by atoms with Crippen LogP contribution in [0, 0.1) is 5.92 Å². The molecule has 3 unspecified atom stereocenters. The number of anilines is 1. The summed E-state index contributed by atoms with van der Waals surface area (Å²) >= 11 is 0. The Labute approximate surface area is 236 Å². The van der Waals surface area contributed by atoms with Crippen LogP contribution in [0.2, 0.25) is 0 Å². The molecular weight excluding hydrogens is 516 g/mol. The summed E-state index contributed by atoms with van der Waals surface area (Å²) in [6, 6.07) is 2.74. The molecule has 1 aromatic rings. The molecule has 0 saturated carbocycles. The third-order valence-electron chi connectivity index (χ3n) is 8.91. The van der Waals surface area contributed by atoms with Crippen molar-refractivity contribution in [3.05, 3.63) is 47.6 Å². The number of nitrogens with one attached hydrogen (secondary N) is 1. The van der Waals surface area contributed by atoms with E-state index in [1.807, 2.05) is 13.8 Å². The number of pyridine rings is 1. The van der Waals surface area contributed by atoms with Gasteiger partial charge in [0.15, 0.2) is 0 Å². The first kappa shape index (κ1) is 29.3. The summed E-state index contributed by atoms with van der Waals surface area (Å²) in [6.45, 7) is 15.1. The van der Waals surface area contributed by atoms with Gasteiger partial charge in [0.25, 0.3) is 0 Å². The van der Waals surface area contributed by atoms with Crippen LogP contribution in [0.5, 0.6) is 0 Å². The fraction of sp³-hybridized carbons (Fsp3) is 0.667. The molecule has 3 aliphatic heterocycles. The van der Waals surface area contributed by atoms with Crippen LogP contribution in [-0.2, 0) is 14.9 Å². The van der Waals surface area contributed by atoms with Gasteiger partial charge in [0, 0.05) is 67.5 Å². The number of hydrogen-bond donors (Lipinski definition) is 2. The zero-order valence-electron chi connectivity index (χ0n) is 24.2. The van der Waals surface area contributed by atoms with Gasteiger partial charge in [-0.1, -0.05) is 19.9 Å². The first-order chi connectivity index (χ1) is 19.0. The van der Waals surface area contributed by atoms with Gasteiger partial charge in [0.2, 0.25) is 5.91 Å². The van der Waals surface area contributed by atoms with Crippen LogP contribution in [0.25, 0.3) is 0 Å². The maximum atomic E-state index is 14.5. The maximum Gasteiger partial charge on any atom is 0.241 e. The van der Waals surface area contributed by atoms with Gasteiger partial charge in [-0.15, -0.1) is 0 Å². The number of piperazine rings is 1. The van der Waals surface area contributed by atoms with Gasteiger partial charge >= 0.3 is 0 Å². The maximum absolute atomic E-state index is 14.5. The predicted octanol–water partition coefficient (Wildman–Crippen LogP) is 2.89. The lowest BCUT2D eigenvalue weighted by Crippen LogP contribution is -2.63. The summed E-state index contributed by atoms with van der Waals surface area (Å²) in [4.78, 5) is 25.0. The van der Waals surface area contributed by atoms with E-state index < -0.39 is 29.4 Å². The smallest absolute Gasteiger partial charge is 0.241 e. The van der Waals surface area contributed by atoms with Crippen LogP contribution in [-0.4, -0.2) is 102 Å². The Balaban J connectivity index is 1.36. The van der Waals surface area contributed by atoms with E-state index in [1.165, 1.54) is 24.4 Å². The molecule has 1 aliphatic carbocycles. The molecule has 1 amide bonds. The zero-order valence-corrected chi connectivity index (χ0v) is 24.2. The van der Waals surface area contributed by atoms with Crippen molar-refractivity contribution in [2.45, 2.75) is 76.5 Å². The molecule has 0 radical (unpaired) electrons. The molecule has 10 heteroatoms. The first-order valence-electron chi connectivity index (χ1n) is 14.4. The number of halogens is 2. The van der Waals surface area contributed by atoms with Crippen LogP contribution in [0.1, 0.15) is 52.0 Å². The van der Waals surface area contributed by atoms with E-state index >= 15 is 0 Å².